The highest BCUT2D eigenvalue weighted by molar-refractivity contribution is 5.63. The molecule has 0 heterocycles. The molecule has 0 aliphatic carbocycles. The van der Waals surface area contributed by atoms with Gasteiger partial charge in [-0.05, 0) is 23.1 Å². The van der Waals surface area contributed by atoms with Gasteiger partial charge >= 0.3 is 0 Å². The molecule has 0 aromatic heterocycles. The van der Waals surface area contributed by atoms with E-state index in [1.54, 1.807) is 0 Å². The smallest absolute Gasteiger partial charge is 0.198 e. The molecule has 0 atom stereocenters. The van der Waals surface area contributed by atoms with Crippen molar-refractivity contribution in [2.45, 2.75) is 12.8 Å². The lowest BCUT2D eigenvalue weighted by Gasteiger charge is -2.02. The molecule has 1 nitrogen and oxygen atoms in total. The van der Waals surface area contributed by atoms with E-state index in [0.29, 0.717) is 6.42 Å². The summed E-state index contributed by atoms with van der Waals surface area (Å²) in [6.45, 7) is 0. The minimum Gasteiger partial charge on any atom is -0.291 e. The molecule has 2 aromatic carbocycles. The molecule has 2 rings (SSSR count). The molecule has 0 saturated heterocycles. The number of hydrogen-bond acceptors (Lipinski definition) is 1. The van der Waals surface area contributed by atoms with Crippen molar-refractivity contribution in [3.05, 3.63) is 60.2 Å². The third-order valence-corrected chi connectivity index (χ3v) is 2.58. The first-order valence-electron chi connectivity index (χ1n) is 5.39. The van der Waals surface area contributed by atoms with Crippen LogP contribution in [0.5, 0.6) is 0 Å². The van der Waals surface area contributed by atoms with Crippen LogP contribution in [-0.2, 0) is 11.2 Å². The Kier molecular flexibility index (Phi) is 3.50. The lowest BCUT2D eigenvalue weighted by Crippen LogP contribution is -1.86. The summed E-state index contributed by atoms with van der Waals surface area (Å²) in [5.41, 5.74) is 3.61. The fraction of sp³-hybridized carbons (Fsp3) is 0.133. The van der Waals surface area contributed by atoms with E-state index in [-0.39, 0.29) is 0 Å². The Morgan fingerprint density at radius 3 is 2.06 bits per heavy atom. The van der Waals surface area contributed by atoms with Gasteiger partial charge in [-0.15, -0.1) is 0 Å². The molecule has 0 bridgehead atoms. The SMILES string of the molecule is O=[C]CCc1ccc(-c2ccccc2)cc1. The second-order valence-corrected chi connectivity index (χ2v) is 3.71. The summed E-state index contributed by atoms with van der Waals surface area (Å²) in [6.07, 6.45) is 3.17. The molecule has 2 aromatic rings. The number of aryl methyl sites for hydroxylation is 1. The van der Waals surface area contributed by atoms with Gasteiger partial charge in [0.25, 0.3) is 0 Å². The van der Waals surface area contributed by atoms with Gasteiger partial charge in [0.15, 0.2) is 6.29 Å². The van der Waals surface area contributed by atoms with Gasteiger partial charge in [0, 0.05) is 6.42 Å². The van der Waals surface area contributed by atoms with E-state index >= 15 is 0 Å². The van der Waals surface area contributed by atoms with E-state index < -0.39 is 0 Å². The van der Waals surface area contributed by atoms with Crippen LogP contribution >= 0.6 is 0 Å². The molecule has 1 radical (unpaired) electrons. The van der Waals surface area contributed by atoms with E-state index in [1.807, 2.05) is 24.5 Å². The predicted octanol–water partition coefficient (Wildman–Crippen LogP) is 3.40. The average Bonchev–Trinajstić information content (AvgIpc) is 2.38. The van der Waals surface area contributed by atoms with Crippen LogP contribution in [0, 0.1) is 0 Å². The van der Waals surface area contributed by atoms with Crippen molar-refractivity contribution in [3.8, 4) is 11.1 Å². The molecule has 0 amide bonds. The van der Waals surface area contributed by atoms with Crippen LogP contribution in [0.25, 0.3) is 11.1 Å². The Morgan fingerprint density at radius 2 is 1.44 bits per heavy atom. The quantitative estimate of drug-likeness (QED) is 0.754. The molecule has 0 fully saturated rings. The van der Waals surface area contributed by atoms with Crippen LogP contribution in [0.4, 0.5) is 0 Å². The molecular weight excluding hydrogens is 196 g/mol. The molecule has 0 saturated carbocycles. The summed E-state index contributed by atoms with van der Waals surface area (Å²) < 4.78 is 0. The summed E-state index contributed by atoms with van der Waals surface area (Å²) >= 11 is 0. The third-order valence-electron chi connectivity index (χ3n) is 2.58. The first kappa shape index (κ1) is 10.6. The highest BCUT2D eigenvalue weighted by Crippen LogP contribution is 2.19. The molecule has 0 spiro atoms. The van der Waals surface area contributed by atoms with Crippen LogP contribution < -0.4 is 0 Å². The van der Waals surface area contributed by atoms with Crippen LogP contribution in [0.15, 0.2) is 54.6 Å². The molecular formula is C15H13O. The standard InChI is InChI=1S/C15H13O/c16-12-4-5-13-8-10-15(11-9-13)14-6-2-1-3-7-14/h1-3,6-11H,4-5H2. The van der Waals surface area contributed by atoms with E-state index in [2.05, 4.69) is 36.4 Å². The molecule has 0 unspecified atom stereocenters. The zero-order valence-electron chi connectivity index (χ0n) is 9.02. The average molecular weight is 209 g/mol. The number of hydrogen-bond donors (Lipinski definition) is 0. The zero-order valence-corrected chi connectivity index (χ0v) is 9.02. The van der Waals surface area contributed by atoms with Crippen LogP contribution in [0.3, 0.4) is 0 Å². The van der Waals surface area contributed by atoms with Crippen molar-refractivity contribution >= 4 is 6.29 Å². The Bertz CT molecular complexity index is 443. The van der Waals surface area contributed by atoms with Gasteiger partial charge in [0.1, 0.15) is 0 Å². The molecule has 79 valence electrons. The molecule has 0 aliphatic heterocycles. The maximum absolute atomic E-state index is 10.1. The lowest BCUT2D eigenvalue weighted by molar-refractivity contribution is 0.551. The van der Waals surface area contributed by atoms with Gasteiger partial charge in [0.2, 0.25) is 0 Å². The van der Waals surface area contributed by atoms with Crippen LogP contribution in [0.1, 0.15) is 12.0 Å². The molecule has 1 heteroatoms. The summed E-state index contributed by atoms with van der Waals surface area (Å²) in [4.78, 5) is 10.1. The minimum atomic E-state index is 0.477. The minimum absolute atomic E-state index is 0.477. The summed E-state index contributed by atoms with van der Waals surface area (Å²) in [5.74, 6) is 0. The van der Waals surface area contributed by atoms with Gasteiger partial charge < -0.3 is 0 Å². The first-order chi connectivity index (χ1) is 7.90. The lowest BCUT2D eigenvalue weighted by atomic mass is 10.0. The summed E-state index contributed by atoms with van der Waals surface area (Å²) in [6, 6.07) is 18.6. The summed E-state index contributed by atoms with van der Waals surface area (Å²) in [7, 11) is 0. The predicted molar refractivity (Wildman–Crippen MR) is 65.9 cm³/mol. The van der Waals surface area contributed by atoms with Gasteiger partial charge in [-0.2, -0.15) is 0 Å². The van der Waals surface area contributed by atoms with Crippen molar-refractivity contribution in [2.24, 2.45) is 0 Å². The van der Waals surface area contributed by atoms with Crippen LogP contribution in [0.2, 0.25) is 0 Å². The monoisotopic (exact) mass is 209 g/mol. The van der Waals surface area contributed by atoms with Crippen molar-refractivity contribution < 1.29 is 4.79 Å². The van der Waals surface area contributed by atoms with Gasteiger partial charge in [0.05, 0.1) is 0 Å². The third kappa shape index (κ3) is 2.57. The molecule has 16 heavy (non-hydrogen) atoms. The largest absolute Gasteiger partial charge is 0.291 e. The van der Waals surface area contributed by atoms with Gasteiger partial charge in [-0.1, -0.05) is 54.6 Å². The van der Waals surface area contributed by atoms with Crippen molar-refractivity contribution in [2.75, 3.05) is 0 Å². The van der Waals surface area contributed by atoms with E-state index in [0.717, 1.165) is 6.42 Å². The van der Waals surface area contributed by atoms with Crippen LogP contribution in [-0.4, -0.2) is 6.29 Å². The van der Waals surface area contributed by atoms with Gasteiger partial charge in [-0.25, -0.2) is 0 Å². The zero-order chi connectivity index (χ0) is 11.2. The van der Waals surface area contributed by atoms with E-state index in [9.17, 15) is 4.79 Å². The fourth-order valence-corrected chi connectivity index (χ4v) is 1.69. The second kappa shape index (κ2) is 5.26. The Balaban J connectivity index is 2.16. The Labute approximate surface area is 95.7 Å². The van der Waals surface area contributed by atoms with Gasteiger partial charge in [-0.3, -0.25) is 4.79 Å². The maximum Gasteiger partial charge on any atom is 0.198 e. The number of benzene rings is 2. The van der Waals surface area contributed by atoms with Crippen molar-refractivity contribution in [1.29, 1.82) is 0 Å². The summed E-state index contributed by atoms with van der Waals surface area (Å²) in [5, 5.41) is 0. The highest BCUT2D eigenvalue weighted by atomic mass is 16.1. The fourth-order valence-electron chi connectivity index (χ4n) is 1.69. The number of carbonyl (C=O) groups excluding carboxylic acids is 1. The normalized spacial score (nSPS) is 10.0. The maximum atomic E-state index is 10.1. The highest BCUT2D eigenvalue weighted by Gasteiger charge is 1.97. The van der Waals surface area contributed by atoms with E-state index in [4.69, 9.17) is 0 Å². The second-order valence-electron chi connectivity index (χ2n) is 3.71. The van der Waals surface area contributed by atoms with Crippen molar-refractivity contribution in [3.63, 3.8) is 0 Å². The topological polar surface area (TPSA) is 17.1 Å². The number of rotatable bonds is 4. The Hall–Kier alpha value is -1.89. The Morgan fingerprint density at radius 1 is 0.812 bits per heavy atom. The molecule has 0 N–H and O–H groups in total. The molecule has 0 aliphatic rings. The first-order valence-corrected chi connectivity index (χ1v) is 5.39. The van der Waals surface area contributed by atoms with Crippen molar-refractivity contribution in [1.82, 2.24) is 0 Å². The van der Waals surface area contributed by atoms with E-state index in [1.165, 1.54) is 16.7 Å².